The zero-order valence-corrected chi connectivity index (χ0v) is 13.6. The number of pyridine rings is 1. The normalized spacial score (nSPS) is 18.2. The first kappa shape index (κ1) is 15.5. The SMILES string of the molecule is Cn1c(Cl)cnc1CN(Cc1cccnc1)CC1CCNC1. The van der Waals surface area contributed by atoms with E-state index in [0.29, 0.717) is 11.1 Å². The van der Waals surface area contributed by atoms with Gasteiger partial charge in [0, 0.05) is 32.5 Å². The van der Waals surface area contributed by atoms with Crippen LogP contribution in [0.3, 0.4) is 0 Å². The van der Waals surface area contributed by atoms with Crippen LogP contribution in [0.25, 0.3) is 0 Å². The van der Waals surface area contributed by atoms with Crippen molar-refractivity contribution in [1.82, 2.24) is 24.8 Å². The molecule has 6 heteroatoms. The maximum atomic E-state index is 6.11. The van der Waals surface area contributed by atoms with Crippen molar-refractivity contribution in [1.29, 1.82) is 0 Å². The lowest BCUT2D eigenvalue weighted by molar-refractivity contribution is 0.213. The molecule has 118 valence electrons. The molecule has 5 nitrogen and oxygen atoms in total. The molecule has 1 saturated heterocycles. The molecule has 1 atom stereocenters. The lowest BCUT2D eigenvalue weighted by Gasteiger charge is -2.25. The van der Waals surface area contributed by atoms with E-state index in [4.69, 9.17) is 11.6 Å². The van der Waals surface area contributed by atoms with Crippen LogP contribution in [-0.4, -0.2) is 39.1 Å². The van der Waals surface area contributed by atoms with E-state index in [1.165, 1.54) is 12.0 Å². The van der Waals surface area contributed by atoms with Gasteiger partial charge in [0.05, 0.1) is 12.7 Å². The van der Waals surface area contributed by atoms with E-state index < -0.39 is 0 Å². The number of halogens is 1. The molecule has 1 fully saturated rings. The molecule has 1 unspecified atom stereocenters. The Morgan fingerprint density at radius 1 is 1.41 bits per heavy atom. The molecule has 0 saturated carbocycles. The monoisotopic (exact) mass is 319 g/mol. The second-order valence-electron chi connectivity index (χ2n) is 5.95. The lowest BCUT2D eigenvalue weighted by Crippen LogP contribution is -2.31. The second kappa shape index (κ2) is 7.22. The Labute approximate surface area is 136 Å². The van der Waals surface area contributed by atoms with Crippen molar-refractivity contribution >= 4 is 11.6 Å². The summed E-state index contributed by atoms with van der Waals surface area (Å²) in [5.41, 5.74) is 1.23. The van der Waals surface area contributed by atoms with E-state index in [2.05, 4.69) is 26.3 Å². The Kier molecular flexibility index (Phi) is 5.08. The fourth-order valence-electron chi connectivity index (χ4n) is 2.94. The Bertz CT molecular complexity index is 592. The van der Waals surface area contributed by atoms with Crippen LogP contribution in [-0.2, 0) is 20.1 Å². The maximum Gasteiger partial charge on any atom is 0.128 e. The Morgan fingerprint density at radius 3 is 2.95 bits per heavy atom. The van der Waals surface area contributed by atoms with Gasteiger partial charge < -0.3 is 9.88 Å². The van der Waals surface area contributed by atoms with Gasteiger partial charge in [-0.05, 0) is 37.1 Å². The van der Waals surface area contributed by atoms with Gasteiger partial charge in [0.25, 0.3) is 0 Å². The van der Waals surface area contributed by atoms with E-state index in [0.717, 1.165) is 38.5 Å². The number of imidazole rings is 1. The molecule has 2 aromatic heterocycles. The van der Waals surface area contributed by atoms with E-state index >= 15 is 0 Å². The van der Waals surface area contributed by atoms with Crippen LogP contribution in [0.5, 0.6) is 0 Å². The van der Waals surface area contributed by atoms with Gasteiger partial charge in [-0.2, -0.15) is 0 Å². The fourth-order valence-corrected chi connectivity index (χ4v) is 3.09. The third-order valence-corrected chi connectivity index (χ3v) is 4.55. The van der Waals surface area contributed by atoms with Gasteiger partial charge in [-0.3, -0.25) is 9.88 Å². The molecule has 0 radical (unpaired) electrons. The topological polar surface area (TPSA) is 46.0 Å². The molecule has 1 N–H and O–H groups in total. The summed E-state index contributed by atoms with van der Waals surface area (Å²) in [6, 6.07) is 4.11. The van der Waals surface area contributed by atoms with Crippen molar-refractivity contribution in [3.63, 3.8) is 0 Å². The van der Waals surface area contributed by atoms with Gasteiger partial charge in [0.2, 0.25) is 0 Å². The van der Waals surface area contributed by atoms with E-state index in [9.17, 15) is 0 Å². The first-order valence-corrected chi connectivity index (χ1v) is 8.08. The number of rotatable bonds is 6. The summed E-state index contributed by atoms with van der Waals surface area (Å²) in [5, 5.41) is 4.12. The summed E-state index contributed by atoms with van der Waals surface area (Å²) in [4.78, 5) is 11.1. The molecule has 2 aromatic rings. The smallest absolute Gasteiger partial charge is 0.128 e. The van der Waals surface area contributed by atoms with Crippen molar-refractivity contribution in [3.8, 4) is 0 Å². The van der Waals surface area contributed by atoms with E-state index in [1.54, 1.807) is 6.20 Å². The summed E-state index contributed by atoms with van der Waals surface area (Å²) in [6.07, 6.45) is 6.71. The highest BCUT2D eigenvalue weighted by atomic mass is 35.5. The van der Waals surface area contributed by atoms with Crippen molar-refractivity contribution < 1.29 is 0 Å². The summed E-state index contributed by atoms with van der Waals surface area (Å²) >= 11 is 6.11. The van der Waals surface area contributed by atoms with Gasteiger partial charge in [-0.25, -0.2) is 4.98 Å². The van der Waals surface area contributed by atoms with Gasteiger partial charge >= 0.3 is 0 Å². The minimum atomic E-state index is 0.680. The molecule has 0 aromatic carbocycles. The summed E-state index contributed by atoms with van der Waals surface area (Å²) in [5.74, 6) is 1.70. The van der Waals surface area contributed by atoms with E-state index in [-0.39, 0.29) is 0 Å². The molecule has 0 amide bonds. The highest BCUT2D eigenvalue weighted by molar-refractivity contribution is 6.29. The molecule has 0 bridgehead atoms. The van der Waals surface area contributed by atoms with Crippen molar-refractivity contribution in [2.24, 2.45) is 13.0 Å². The number of hydrogen-bond acceptors (Lipinski definition) is 4. The van der Waals surface area contributed by atoms with Crippen LogP contribution in [0.4, 0.5) is 0 Å². The second-order valence-corrected chi connectivity index (χ2v) is 6.33. The van der Waals surface area contributed by atoms with Crippen molar-refractivity contribution in [2.75, 3.05) is 19.6 Å². The van der Waals surface area contributed by atoms with Crippen molar-refractivity contribution in [2.45, 2.75) is 19.5 Å². The van der Waals surface area contributed by atoms with Crippen LogP contribution < -0.4 is 5.32 Å². The third-order valence-electron chi connectivity index (χ3n) is 4.20. The van der Waals surface area contributed by atoms with Crippen LogP contribution in [0, 0.1) is 5.92 Å². The zero-order valence-electron chi connectivity index (χ0n) is 12.9. The van der Waals surface area contributed by atoms with Crippen LogP contribution in [0.2, 0.25) is 5.15 Å². The Balaban J connectivity index is 1.71. The maximum absolute atomic E-state index is 6.11. The average molecular weight is 320 g/mol. The fraction of sp³-hybridized carbons (Fsp3) is 0.500. The standard InChI is InChI=1S/C16H22ClN5/c1-21-15(17)9-20-16(21)12-22(11-14-4-6-19-8-14)10-13-3-2-5-18-7-13/h2-3,5,7,9,14,19H,4,6,8,10-12H2,1H3. The van der Waals surface area contributed by atoms with Crippen LogP contribution in [0.15, 0.2) is 30.7 Å². The van der Waals surface area contributed by atoms with Gasteiger partial charge in [-0.15, -0.1) is 0 Å². The molecule has 1 aliphatic rings. The number of aromatic nitrogens is 3. The summed E-state index contributed by atoms with van der Waals surface area (Å²) in [6.45, 7) is 4.97. The molecule has 0 aliphatic carbocycles. The van der Waals surface area contributed by atoms with Gasteiger partial charge in [-0.1, -0.05) is 17.7 Å². The Hall–Kier alpha value is -1.43. The first-order valence-electron chi connectivity index (χ1n) is 7.70. The Morgan fingerprint density at radius 2 is 2.32 bits per heavy atom. The van der Waals surface area contributed by atoms with Crippen molar-refractivity contribution in [3.05, 3.63) is 47.3 Å². The summed E-state index contributed by atoms with van der Waals surface area (Å²) < 4.78 is 1.95. The van der Waals surface area contributed by atoms with E-state index in [1.807, 2.05) is 30.1 Å². The minimum absolute atomic E-state index is 0.680. The minimum Gasteiger partial charge on any atom is -0.321 e. The first-order chi connectivity index (χ1) is 10.7. The molecule has 22 heavy (non-hydrogen) atoms. The molecule has 1 aliphatic heterocycles. The molecule has 3 heterocycles. The van der Waals surface area contributed by atoms with Gasteiger partial charge in [0.1, 0.15) is 11.0 Å². The molecule has 0 spiro atoms. The highest BCUT2D eigenvalue weighted by Gasteiger charge is 2.20. The summed E-state index contributed by atoms with van der Waals surface area (Å²) in [7, 11) is 1.96. The predicted octanol–water partition coefficient (Wildman–Crippen LogP) is 2.08. The number of nitrogens with one attached hydrogen (secondary N) is 1. The van der Waals surface area contributed by atoms with Crippen LogP contribution in [0.1, 0.15) is 17.8 Å². The molecular formula is C16H22ClN5. The van der Waals surface area contributed by atoms with Crippen LogP contribution >= 0.6 is 11.6 Å². The lowest BCUT2D eigenvalue weighted by atomic mass is 10.1. The average Bonchev–Trinajstić information content (AvgIpc) is 3.14. The quantitative estimate of drug-likeness (QED) is 0.885. The molecule has 3 rings (SSSR count). The number of hydrogen-bond donors (Lipinski definition) is 1. The largest absolute Gasteiger partial charge is 0.321 e. The zero-order chi connectivity index (χ0) is 15.4. The third kappa shape index (κ3) is 3.85. The highest BCUT2D eigenvalue weighted by Crippen LogP contribution is 2.16. The molecular weight excluding hydrogens is 298 g/mol. The van der Waals surface area contributed by atoms with Gasteiger partial charge in [0.15, 0.2) is 0 Å². The number of nitrogens with zero attached hydrogens (tertiary/aromatic N) is 4. The predicted molar refractivity (Wildman–Crippen MR) is 87.5 cm³/mol.